The fraction of sp³-hybridized carbons (Fsp3) is 0.611. The third-order valence-electron chi connectivity index (χ3n) is 5.08. The van der Waals surface area contributed by atoms with Crippen molar-refractivity contribution in [1.82, 2.24) is 23.1 Å². The van der Waals surface area contributed by atoms with Crippen molar-refractivity contribution in [3.8, 4) is 0 Å². The van der Waals surface area contributed by atoms with Crippen molar-refractivity contribution in [3.05, 3.63) is 32.2 Å². The molecule has 0 saturated heterocycles. The summed E-state index contributed by atoms with van der Waals surface area (Å²) in [6.07, 6.45) is 0.773. The molecule has 0 saturated carbocycles. The van der Waals surface area contributed by atoms with Gasteiger partial charge in [0, 0.05) is 38.6 Å². The number of nitrogens with zero attached hydrogens (tertiary/aromatic N) is 5. The van der Waals surface area contributed by atoms with Gasteiger partial charge in [-0.15, -0.1) is 0 Å². The Morgan fingerprint density at radius 3 is 2.38 bits per heavy atom. The number of aromatic nitrogens is 5. The summed E-state index contributed by atoms with van der Waals surface area (Å²) in [4.78, 5) is 30.4. The SMILES string of the molecule is COCCn1c(C)c(C)n2c3c(=O)n(CCC(C)C)c(=O)n(C)c3nc12. The highest BCUT2D eigenvalue weighted by atomic mass is 16.5. The quantitative estimate of drug-likeness (QED) is 0.666. The van der Waals surface area contributed by atoms with Crippen molar-refractivity contribution in [3.63, 3.8) is 0 Å². The monoisotopic (exact) mass is 361 g/mol. The van der Waals surface area contributed by atoms with E-state index < -0.39 is 0 Å². The zero-order chi connectivity index (χ0) is 19.2. The van der Waals surface area contributed by atoms with Crippen molar-refractivity contribution in [2.24, 2.45) is 13.0 Å². The Bertz CT molecular complexity index is 1080. The van der Waals surface area contributed by atoms with E-state index in [0.717, 1.165) is 17.8 Å². The van der Waals surface area contributed by atoms with E-state index >= 15 is 0 Å². The second-order valence-corrected chi connectivity index (χ2v) is 7.22. The molecule has 3 rings (SSSR count). The van der Waals surface area contributed by atoms with Crippen LogP contribution in [0.1, 0.15) is 31.7 Å². The third-order valence-corrected chi connectivity index (χ3v) is 5.08. The van der Waals surface area contributed by atoms with Gasteiger partial charge in [0.05, 0.1) is 6.61 Å². The minimum atomic E-state index is -0.318. The molecule has 3 aromatic heterocycles. The maximum Gasteiger partial charge on any atom is 0.332 e. The van der Waals surface area contributed by atoms with E-state index in [1.54, 1.807) is 14.2 Å². The lowest BCUT2D eigenvalue weighted by atomic mass is 10.1. The summed E-state index contributed by atoms with van der Waals surface area (Å²) in [7, 11) is 3.33. The molecule has 0 unspecified atom stereocenters. The molecule has 0 aliphatic heterocycles. The molecule has 8 nitrogen and oxygen atoms in total. The number of methoxy groups -OCH3 is 1. The maximum absolute atomic E-state index is 13.1. The molecule has 0 amide bonds. The number of hydrogen-bond acceptors (Lipinski definition) is 4. The second kappa shape index (κ2) is 6.75. The van der Waals surface area contributed by atoms with Crippen LogP contribution in [0, 0.1) is 19.8 Å². The molecule has 3 aromatic rings. The summed E-state index contributed by atoms with van der Waals surface area (Å²) in [6.45, 7) is 9.72. The van der Waals surface area contributed by atoms with Crippen LogP contribution in [0.2, 0.25) is 0 Å². The predicted molar refractivity (Wildman–Crippen MR) is 101 cm³/mol. The van der Waals surface area contributed by atoms with E-state index in [1.165, 1.54) is 9.13 Å². The zero-order valence-corrected chi connectivity index (χ0v) is 16.4. The fourth-order valence-electron chi connectivity index (χ4n) is 3.35. The summed E-state index contributed by atoms with van der Waals surface area (Å²) in [5, 5.41) is 0. The molecule has 142 valence electrons. The first-order chi connectivity index (χ1) is 12.3. The normalized spacial score (nSPS) is 12.1. The van der Waals surface area contributed by atoms with Gasteiger partial charge in [-0.3, -0.25) is 18.3 Å². The number of fused-ring (bicyclic) bond motifs is 3. The van der Waals surface area contributed by atoms with Crippen molar-refractivity contribution >= 4 is 16.9 Å². The van der Waals surface area contributed by atoms with Crippen molar-refractivity contribution < 1.29 is 4.74 Å². The van der Waals surface area contributed by atoms with Crippen LogP contribution in [-0.4, -0.2) is 36.8 Å². The molecule has 0 N–H and O–H groups in total. The molecule has 0 radical (unpaired) electrons. The third kappa shape index (κ3) is 2.68. The highest BCUT2D eigenvalue weighted by Gasteiger charge is 2.22. The maximum atomic E-state index is 13.1. The number of aryl methyl sites for hydroxylation is 2. The minimum Gasteiger partial charge on any atom is -0.383 e. The summed E-state index contributed by atoms with van der Waals surface area (Å²) in [5.41, 5.74) is 2.27. The van der Waals surface area contributed by atoms with Gasteiger partial charge in [-0.1, -0.05) is 13.8 Å². The molecule has 26 heavy (non-hydrogen) atoms. The lowest BCUT2D eigenvalue weighted by Gasteiger charge is -2.10. The lowest BCUT2D eigenvalue weighted by Crippen LogP contribution is -2.39. The van der Waals surface area contributed by atoms with E-state index in [1.807, 2.05) is 22.8 Å². The van der Waals surface area contributed by atoms with Gasteiger partial charge in [-0.25, -0.2) is 4.79 Å². The minimum absolute atomic E-state index is 0.275. The number of imidazole rings is 2. The number of rotatable bonds is 6. The first kappa shape index (κ1) is 18.4. The van der Waals surface area contributed by atoms with E-state index in [4.69, 9.17) is 4.74 Å². The molecule has 3 heterocycles. The van der Waals surface area contributed by atoms with E-state index in [-0.39, 0.29) is 11.2 Å². The zero-order valence-electron chi connectivity index (χ0n) is 16.4. The van der Waals surface area contributed by atoms with Gasteiger partial charge in [0.2, 0.25) is 5.78 Å². The largest absolute Gasteiger partial charge is 0.383 e. The average molecular weight is 361 g/mol. The first-order valence-electron chi connectivity index (χ1n) is 8.96. The summed E-state index contributed by atoms with van der Waals surface area (Å²) in [6, 6.07) is 0. The first-order valence-corrected chi connectivity index (χ1v) is 8.96. The Labute approximate surface area is 151 Å². The molecule has 0 spiro atoms. The van der Waals surface area contributed by atoms with Gasteiger partial charge < -0.3 is 9.30 Å². The Balaban J connectivity index is 2.36. The molecule has 0 aromatic carbocycles. The van der Waals surface area contributed by atoms with Crippen molar-refractivity contribution in [2.75, 3.05) is 13.7 Å². The Morgan fingerprint density at radius 2 is 1.77 bits per heavy atom. The fourth-order valence-corrected chi connectivity index (χ4v) is 3.35. The smallest absolute Gasteiger partial charge is 0.332 e. The summed E-state index contributed by atoms with van der Waals surface area (Å²) in [5.74, 6) is 1.08. The molecule has 0 aliphatic carbocycles. The molecular weight excluding hydrogens is 334 g/mol. The van der Waals surface area contributed by atoms with E-state index in [0.29, 0.717) is 42.6 Å². The van der Waals surface area contributed by atoms with Gasteiger partial charge >= 0.3 is 5.69 Å². The Kier molecular flexibility index (Phi) is 4.79. The van der Waals surface area contributed by atoms with E-state index in [2.05, 4.69) is 18.8 Å². The highest BCUT2D eigenvalue weighted by Crippen LogP contribution is 2.20. The van der Waals surface area contributed by atoms with Crippen LogP contribution in [0.5, 0.6) is 0 Å². The van der Waals surface area contributed by atoms with Crippen LogP contribution in [0.3, 0.4) is 0 Å². The summed E-state index contributed by atoms with van der Waals surface area (Å²) < 4.78 is 11.9. The van der Waals surface area contributed by atoms with Crippen LogP contribution in [0.4, 0.5) is 0 Å². The van der Waals surface area contributed by atoms with Gasteiger partial charge in [-0.2, -0.15) is 4.98 Å². The van der Waals surface area contributed by atoms with Crippen LogP contribution in [0.25, 0.3) is 16.9 Å². The van der Waals surface area contributed by atoms with Gasteiger partial charge in [0.15, 0.2) is 11.2 Å². The predicted octanol–water partition coefficient (Wildman–Crippen LogP) is 1.46. The van der Waals surface area contributed by atoms with Crippen molar-refractivity contribution in [1.29, 1.82) is 0 Å². The highest BCUT2D eigenvalue weighted by molar-refractivity contribution is 5.76. The topological polar surface area (TPSA) is 75.5 Å². The van der Waals surface area contributed by atoms with Crippen LogP contribution >= 0.6 is 0 Å². The number of hydrogen-bond donors (Lipinski definition) is 0. The molecule has 0 bridgehead atoms. The van der Waals surface area contributed by atoms with Crippen LogP contribution in [-0.2, 0) is 24.9 Å². The van der Waals surface area contributed by atoms with Gasteiger partial charge in [0.1, 0.15) is 0 Å². The average Bonchev–Trinajstić information content (AvgIpc) is 3.08. The second-order valence-electron chi connectivity index (χ2n) is 7.22. The Morgan fingerprint density at radius 1 is 1.08 bits per heavy atom. The van der Waals surface area contributed by atoms with E-state index in [9.17, 15) is 9.59 Å². The Hall–Kier alpha value is -2.35. The standard InChI is InChI=1S/C18H27N5O3/c1-11(2)7-8-22-16(24)14-15(20(5)18(22)25)19-17-21(9-10-26-6)12(3)13(4)23(14)17/h11H,7-10H2,1-6H3. The molecule has 0 aliphatic rings. The van der Waals surface area contributed by atoms with Gasteiger partial charge in [-0.05, 0) is 26.2 Å². The van der Waals surface area contributed by atoms with Gasteiger partial charge in [0.25, 0.3) is 5.56 Å². The summed E-state index contributed by atoms with van der Waals surface area (Å²) >= 11 is 0. The molecule has 0 fully saturated rings. The number of ether oxygens (including phenoxy) is 1. The molecular formula is C18H27N5O3. The van der Waals surface area contributed by atoms with Crippen LogP contribution in [0.15, 0.2) is 9.59 Å². The van der Waals surface area contributed by atoms with Crippen molar-refractivity contribution in [2.45, 2.75) is 47.2 Å². The molecule has 0 atom stereocenters. The molecule has 8 heteroatoms. The lowest BCUT2D eigenvalue weighted by molar-refractivity contribution is 0.187. The van der Waals surface area contributed by atoms with Crippen LogP contribution < -0.4 is 11.2 Å².